The molecule has 0 radical (unpaired) electrons. The van der Waals surface area contributed by atoms with Gasteiger partial charge in [-0.2, -0.15) is 0 Å². The van der Waals surface area contributed by atoms with E-state index in [2.05, 4.69) is 0 Å². The minimum Gasteiger partial charge on any atom is -0.393 e. The first-order valence-electron chi connectivity index (χ1n) is 6.85. The number of aliphatic hydroxyl groups excluding tert-OH is 1. The Morgan fingerprint density at radius 3 is 2.42 bits per heavy atom. The zero-order valence-corrected chi connectivity index (χ0v) is 12.8. The topological polar surface area (TPSA) is 54.4 Å². The Balaban J connectivity index is 2.97. The molecule has 0 fully saturated rings. The largest absolute Gasteiger partial charge is 0.393 e. The Morgan fingerprint density at radius 1 is 1.21 bits per heavy atom. The van der Waals surface area contributed by atoms with Gasteiger partial charge in [-0.1, -0.05) is 39.0 Å². The summed E-state index contributed by atoms with van der Waals surface area (Å²) in [6, 6.07) is 7.00. The van der Waals surface area contributed by atoms with Crippen molar-refractivity contribution in [1.29, 1.82) is 0 Å². The average Bonchev–Trinajstić information content (AvgIpc) is 2.28. The molecule has 19 heavy (non-hydrogen) atoms. The maximum atomic E-state index is 12.2. The summed E-state index contributed by atoms with van der Waals surface area (Å²) in [4.78, 5) is 0.375. The summed E-state index contributed by atoms with van der Waals surface area (Å²) in [7, 11) is -3.23. The summed E-state index contributed by atoms with van der Waals surface area (Å²) in [5.74, 6) is 0.555. The van der Waals surface area contributed by atoms with E-state index in [1.807, 2.05) is 26.8 Å². The molecule has 0 aliphatic rings. The van der Waals surface area contributed by atoms with Crippen molar-refractivity contribution in [2.45, 2.75) is 51.0 Å². The lowest BCUT2D eigenvalue weighted by atomic mass is 10.00. The van der Waals surface area contributed by atoms with E-state index in [1.54, 1.807) is 18.2 Å². The second-order valence-corrected chi connectivity index (χ2v) is 7.49. The molecule has 0 aliphatic carbocycles. The van der Waals surface area contributed by atoms with Crippen LogP contribution >= 0.6 is 0 Å². The van der Waals surface area contributed by atoms with Crippen LogP contribution in [0.1, 0.15) is 39.2 Å². The van der Waals surface area contributed by atoms with Crippen molar-refractivity contribution in [2.75, 3.05) is 5.75 Å². The lowest BCUT2D eigenvalue weighted by Crippen LogP contribution is -2.16. The van der Waals surface area contributed by atoms with Crippen LogP contribution in [0.3, 0.4) is 0 Å². The molecule has 0 amide bonds. The predicted octanol–water partition coefficient (Wildman–Crippen LogP) is 2.82. The lowest BCUT2D eigenvalue weighted by molar-refractivity contribution is 0.148. The Bertz CT molecular complexity index is 492. The zero-order valence-electron chi connectivity index (χ0n) is 12.0. The molecule has 1 aromatic rings. The van der Waals surface area contributed by atoms with Gasteiger partial charge in [0.05, 0.1) is 16.8 Å². The van der Waals surface area contributed by atoms with E-state index in [0.717, 1.165) is 5.56 Å². The highest BCUT2D eigenvalue weighted by molar-refractivity contribution is 7.91. The van der Waals surface area contributed by atoms with Crippen molar-refractivity contribution >= 4 is 9.84 Å². The van der Waals surface area contributed by atoms with Gasteiger partial charge in [0, 0.05) is 0 Å². The predicted molar refractivity (Wildman–Crippen MR) is 78.0 cm³/mol. The maximum absolute atomic E-state index is 12.2. The summed E-state index contributed by atoms with van der Waals surface area (Å²) < 4.78 is 24.4. The van der Waals surface area contributed by atoms with E-state index >= 15 is 0 Å². The van der Waals surface area contributed by atoms with Crippen LogP contribution in [0, 0.1) is 5.92 Å². The van der Waals surface area contributed by atoms with Crippen LogP contribution in [0.4, 0.5) is 0 Å². The molecule has 0 aliphatic heterocycles. The first kappa shape index (κ1) is 16.2. The number of hydrogen-bond donors (Lipinski definition) is 1. The summed E-state index contributed by atoms with van der Waals surface area (Å²) in [5, 5.41) is 10.00. The molecular weight excluding hydrogens is 260 g/mol. The van der Waals surface area contributed by atoms with Crippen LogP contribution in [0.15, 0.2) is 29.2 Å². The molecule has 0 heterocycles. The number of benzene rings is 1. The summed E-state index contributed by atoms with van der Waals surface area (Å²) >= 11 is 0. The molecule has 1 aromatic carbocycles. The minimum atomic E-state index is -3.23. The Labute approximate surface area is 116 Å². The molecule has 3 nitrogen and oxygen atoms in total. The zero-order chi connectivity index (χ0) is 14.5. The van der Waals surface area contributed by atoms with E-state index in [9.17, 15) is 13.5 Å². The van der Waals surface area contributed by atoms with Crippen LogP contribution in [0.2, 0.25) is 0 Å². The second-order valence-electron chi connectivity index (χ2n) is 5.41. The van der Waals surface area contributed by atoms with Gasteiger partial charge < -0.3 is 5.11 Å². The van der Waals surface area contributed by atoms with E-state index in [4.69, 9.17) is 0 Å². The van der Waals surface area contributed by atoms with Crippen molar-refractivity contribution in [2.24, 2.45) is 5.92 Å². The van der Waals surface area contributed by atoms with E-state index in [-0.39, 0.29) is 5.75 Å². The van der Waals surface area contributed by atoms with Crippen molar-refractivity contribution in [3.05, 3.63) is 29.8 Å². The average molecular weight is 284 g/mol. The van der Waals surface area contributed by atoms with Crippen molar-refractivity contribution in [1.82, 2.24) is 0 Å². The van der Waals surface area contributed by atoms with Gasteiger partial charge in [0.2, 0.25) is 0 Å². The van der Waals surface area contributed by atoms with Crippen LogP contribution in [-0.4, -0.2) is 25.4 Å². The van der Waals surface area contributed by atoms with Gasteiger partial charge in [0.15, 0.2) is 9.84 Å². The standard InChI is InChI=1S/C15H24O3S/c1-4-9-19(17,18)15-8-6-5-7-13(15)11-14(16)10-12(2)3/h5-8,12,14,16H,4,9-11H2,1-3H3. The fourth-order valence-electron chi connectivity index (χ4n) is 2.24. The molecule has 1 N–H and O–H groups in total. The number of aliphatic hydroxyl groups is 1. The van der Waals surface area contributed by atoms with Crippen LogP contribution in [0.5, 0.6) is 0 Å². The summed E-state index contributed by atoms with van der Waals surface area (Å²) in [5.41, 5.74) is 0.726. The van der Waals surface area contributed by atoms with Gasteiger partial charge in [-0.15, -0.1) is 0 Å². The maximum Gasteiger partial charge on any atom is 0.178 e. The molecule has 108 valence electrons. The Kier molecular flexibility index (Phi) is 6.01. The molecule has 1 rings (SSSR count). The minimum absolute atomic E-state index is 0.157. The van der Waals surface area contributed by atoms with Gasteiger partial charge in [0.1, 0.15) is 0 Å². The fourth-order valence-corrected chi connectivity index (χ4v) is 3.83. The Hall–Kier alpha value is -0.870. The van der Waals surface area contributed by atoms with Crippen molar-refractivity contribution in [3.8, 4) is 0 Å². The molecule has 0 aromatic heterocycles. The van der Waals surface area contributed by atoms with Gasteiger partial charge in [-0.05, 0) is 36.8 Å². The van der Waals surface area contributed by atoms with E-state index < -0.39 is 15.9 Å². The third kappa shape index (κ3) is 4.96. The second kappa shape index (κ2) is 7.06. The van der Waals surface area contributed by atoms with Crippen LogP contribution in [0.25, 0.3) is 0 Å². The van der Waals surface area contributed by atoms with E-state index in [1.165, 1.54) is 0 Å². The SMILES string of the molecule is CCCS(=O)(=O)c1ccccc1CC(O)CC(C)C. The van der Waals surface area contributed by atoms with Gasteiger partial charge >= 0.3 is 0 Å². The first-order valence-corrected chi connectivity index (χ1v) is 8.50. The summed E-state index contributed by atoms with van der Waals surface area (Å²) in [6.45, 7) is 5.94. The third-order valence-electron chi connectivity index (χ3n) is 2.98. The fraction of sp³-hybridized carbons (Fsp3) is 0.600. The number of rotatable bonds is 7. The molecule has 0 spiro atoms. The molecule has 4 heteroatoms. The molecular formula is C15H24O3S. The summed E-state index contributed by atoms with van der Waals surface area (Å²) in [6.07, 6.45) is 1.20. The van der Waals surface area contributed by atoms with Crippen LogP contribution in [-0.2, 0) is 16.3 Å². The number of hydrogen-bond acceptors (Lipinski definition) is 3. The van der Waals surface area contributed by atoms with Gasteiger partial charge in [-0.3, -0.25) is 0 Å². The van der Waals surface area contributed by atoms with Crippen molar-refractivity contribution in [3.63, 3.8) is 0 Å². The third-order valence-corrected chi connectivity index (χ3v) is 4.99. The van der Waals surface area contributed by atoms with Crippen molar-refractivity contribution < 1.29 is 13.5 Å². The molecule has 1 unspecified atom stereocenters. The monoisotopic (exact) mass is 284 g/mol. The van der Waals surface area contributed by atoms with Gasteiger partial charge in [0.25, 0.3) is 0 Å². The highest BCUT2D eigenvalue weighted by Crippen LogP contribution is 2.20. The quantitative estimate of drug-likeness (QED) is 0.837. The number of sulfone groups is 1. The molecule has 0 saturated carbocycles. The molecule has 0 bridgehead atoms. The highest BCUT2D eigenvalue weighted by Gasteiger charge is 2.19. The molecule has 1 atom stereocenters. The van der Waals surface area contributed by atoms with Crippen LogP contribution < -0.4 is 0 Å². The Morgan fingerprint density at radius 2 is 1.84 bits per heavy atom. The normalized spacial score (nSPS) is 13.7. The highest BCUT2D eigenvalue weighted by atomic mass is 32.2. The smallest absolute Gasteiger partial charge is 0.178 e. The van der Waals surface area contributed by atoms with Gasteiger partial charge in [-0.25, -0.2) is 8.42 Å². The molecule has 0 saturated heterocycles. The first-order chi connectivity index (χ1) is 8.86. The lowest BCUT2D eigenvalue weighted by Gasteiger charge is -2.15. The van der Waals surface area contributed by atoms with E-state index in [0.29, 0.717) is 30.1 Å².